The van der Waals surface area contributed by atoms with E-state index in [9.17, 15) is 4.79 Å². The summed E-state index contributed by atoms with van der Waals surface area (Å²) in [4.78, 5) is 13.9. The van der Waals surface area contributed by atoms with Gasteiger partial charge in [0.05, 0.1) is 0 Å². The third kappa shape index (κ3) is 5.85. The summed E-state index contributed by atoms with van der Waals surface area (Å²) in [6.45, 7) is 9.91. The largest absolute Gasteiger partial charge is 0.444 e. The Morgan fingerprint density at radius 1 is 1.05 bits per heavy atom. The molecule has 2 saturated heterocycles. The summed E-state index contributed by atoms with van der Waals surface area (Å²) in [7, 11) is 0. The number of hydrogen-bond donors (Lipinski definition) is 1. The molecule has 1 N–H and O–H groups in total. The number of nitrogens with zero attached hydrogens (tertiary/aromatic N) is 1. The number of ether oxygens (including phenoxy) is 1. The van der Waals surface area contributed by atoms with Crippen molar-refractivity contribution in [3.63, 3.8) is 0 Å². The second kappa shape index (κ2) is 7.48. The van der Waals surface area contributed by atoms with Crippen LogP contribution >= 0.6 is 0 Å². The lowest BCUT2D eigenvalue weighted by Gasteiger charge is -2.34. The molecule has 0 spiro atoms. The molecule has 0 bridgehead atoms. The van der Waals surface area contributed by atoms with Crippen LogP contribution in [0.4, 0.5) is 4.79 Å². The molecule has 0 aromatic heterocycles. The first-order valence-corrected chi connectivity index (χ1v) is 8.63. The highest BCUT2D eigenvalue weighted by Crippen LogP contribution is 2.27. The minimum Gasteiger partial charge on any atom is -0.444 e. The van der Waals surface area contributed by atoms with Crippen LogP contribution in [0.3, 0.4) is 0 Å². The standard InChI is InChI=1S/C17H32N2O2/c1-17(2,3)21-16(20)19-12-8-15(9-13-19)5-4-14-6-10-18-11-7-14/h14-15,18H,4-13H2,1-3H3. The lowest BCUT2D eigenvalue weighted by molar-refractivity contribution is 0.0178. The van der Waals surface area contributed by atoms with E-state index in [4.69, 9.17) is 4.74 Å². The van der Waals surface area contributed by atoms with E-state index >= 15 is 0 Å². The SMILES string of the molecule is CC(C)(C)OC(=O)N1CCC(CCC2CCNCC2)CC1. The monoisotopic (exact) mass is 296 g/mol. The Kier molecular flexibility index (Phi) is 5.91. The van der Waals surface area contributed by atoms with Gasteiger partial charge in [-0.15, -0.1) is 0 Å². The fourth-order valence-corrected chi connectivity index (χ4v) is 3.37. The van der Waals surface area contributed by atoms with Crippen molar-refractivity contribution in [2.75, 3.05) is 26.2 Å². The fraction of sp³-hybridized carbons (Fsp3) is 0.941. The molecule has 2 aliphatic rings. The molecule has 2 fully saturated rings. The van der Waals surface area contributed by atoms with Gasteiger partial charge in [-0.2, -0.15) is 0 Å². The first kappa shape index (κ1) is 16.6. The molecule has 2 heterocycles. The second-order valence-corrected chi connectivity index (χ2v) is 7.68. The summed E-state index contributed by atoms with van der Waals surface area (Å²) < 4.78 is 5.45. The number of rotatable bonds is 3. The van der Waals surface area contributed by atoms with Crippen LogP contribution < -0.4 is 5.32 Å². The van der Waals surface area contributed by atoms with Gasteiger partial charge in [-0.25, -0.2) is 4.79 Å². The lowest BCUT2D eigenvalue weighted by Crippen LogP contribution is -2.41. The number of carbonyl (C=O) groups excluding carboxylic acids is 1. The Morgan fingerprint density at radius 2 is 1.57 bits per heavy atom. The molecule has 1 amide bonds. The van der Waals surface area contributed by atoms with Crippen LogP contribution in [0.1, 0.15) is 59.3 Å². The van der Waals surface area contributed by atoms with Crippen LogP contribution in [0.25, 0.3) is 0 Å². The molecule has 0 atom stereocenters. The topological polar surface area (TPSA) is 41.6 Å². The van der Waals surface area contributed by atoms with Gasteiger partial charge in [0.2, 0.25) is 0 Å². The third-order valence-electron chi connectivity index (χ3n) is 4.71. The smallest absolute Gasteiger partial charge is 0.410 e. The molecule has 0 unspecified atom stereocenters. The fourth-order valence-electron chi connectivity index (χ4n) is 3.37. The summed E-state index contributed by atoms with van der Waals surface area (Å²) in [6.07, 6.45) is 7.55. The van der Waals surface area contributed by atoms with E-state index in [-0.39, 0.29) is 11.7 Å². The van der Waals surface area contributed by atoms with Gasteiger partial charge < -0.3 is 15.0 Å². The van der Waals surface area contributed by atoms with Gasteiger partial charge >= 0.3 is 6.09 Å². The van der Waals surface area contributed by atoms with Crippen LogP contribution in [0.5, 0.6) is 0 Å². The maximum absolute atomic E-state index is 12.0. The van der Waals surface area contributed by atoms with Crippen LogP contribution in [0.2, 0.25) is 0 Å². The number of hydrogen-bond acceptors (Lipinski definition) is 3. The predicted octanol–water partition coefficient (Wildman–Crippen LogP) is 3.41. The minimum atomic E-state index is -0.386. The quantitative estimate of drug-likeness (QED) is 0.867. The molecule has 0 radical (unpaired) electrons. The third-order valence-corrected chi connectivity index (χ3v) is 4.71. The molecule has 0 saturated carbocycles. The number of amides is 1. The number of nitrogens with one attached hydrogen (secondary N) is 1. The average molecular weight is 296 g/mol. The van der Waals surface area contributed by atoms with Crippen molar-refractivity contribution in [2.24, 2.45) is 11.8 Å². The molecule has 122 valence electrons. The highest BCUT2D eigenvalue weighted by atomic mass is 16.6. The van der Waals surface area contributed by atoms with Gasteiger partial charge in [0, 0.05) is 13.1 Å². The van der Waals surface area contributed by atoms with Crippen molar-refractivity contribution in [2.45, 2.75) is 64.9 Å². The highest BCUT2D eigenvalue weighted by Gasteiger charge is 2.27. The molecule has 2 aliphatic heterocycles. The summed E-state index contributed by atoms with van der Waals surface area (Å²) in [5.41, 5.74) is -0.386. The Balaban J connectivity index is 1.64. The zero-order chi connectivity index (χ0) is 15.3. The van der Waals surface area contributed by atoms with Gasteiger partial charge in [0.25, 0.3) is 0 Å². The highest BCUT2D eigenvalue weighted by molar-refractivity contribution is 5.68. The van der Waals surface area contributed by atoms with E-state index in [1.807, 2.05) is 25.7 Å². The van der Waals surface area contributed by atoms with E-state index in [0.717, 1.165) is 37.8 Å². The molecule has 0 aromatic rings. The first-order chi connectivity index (χ1) is 9.94. The van der Waals surface area contributed by atoms with Crippen LogP contribution in [0.15, 0.2) is 0 Å². The van der Waals surface area contributed by atoms with Crippen LogP contribution in [0, 0.1) is 11.8 Å². The maximum atomic E-state index is 12.0. The van der Waals surface area contributed by atoms with Crippen molar-refractivity contribution in [3.8, 4) is 0 Å². The van der Waals surface area contributed by atoms with E-state index in [1.165, 1.54) is 38.8 Å². The van der Waals surface area contributed by atoms with E-state index < -0.39 is 0 Å². The summed E-state index contributed by atoms with van der Waals surface area (Å²) >= 11 is 0. The normalized spacial score (nSPS) is 22.3. The van der Waals surface area contributed by atoms with Crippen LogP contribution in [-0.2, 0) is 4.74 Å². The zero-order valence-electron chi connectivity index (χ0n) is 14.0. The average Bonchev–Trinajstić information content (AvgIpc) is 2.45. The summed E-state index contributed by atoms with van der Waals surface area (Å²) in [6, 6.07) is 0. The van der Waals surface area contributed by atoms with Crippen molar-refractivity contribution < 1.29 is 9.53 Å². The van der Waals surface area contributed by atoms with E-state index in [2.05, 4.69) is 5.32 Å². The minimum absolute atomic E-state index is 0.140. The van der Waals surface area contributed by atoms with E-state index in [1.54, 1.807) is 0 Å². The molecular formula is C17H32N2O2. The number of likely N-dealkylation sites (tertiary alicyclic amines) is 1. The molecule has 21 heavy (non-hydrogen) atoms. The molecule has 0 aliphatic carbocycles. The van der Waals surface area contributed by atoms with Crippen molar-refractivity contribution in [3.05, 3.63) is 0 Å². The lowest BCUT2D eigenvalue weighted by atomic mass is 9.86. The first-order valence-electron chi connectivity index (χ1n) is 8.63. The zero-order valence-corrected chi connectivity index (χ0v) is 14.0. The predicted molar refractivity (Wildman–Crippen MR) is 85.4 cm³/mol. The van der Waals surface area contributed by atoms with Gasteiger partial charge in [-0.1, -0.05) is 12.8 Å². The molecule has 2 rings (SSSR count). The van der Waals surface area contributed by atoms with Gasteiger partial charge in [0.15, 0.2) is 0 Å². The number of piperidine rings is 2. The number of carbonyl (C=O) groups is 1. The van der Waals surface area contributed by atoms with Crippen molar-refractivity contribution in [1.29, 1.82) is 0 Å². The summed E-state index contributed by atoms with van der Waals surface area (Å²) in [5, 5.41) is 3.43. The molecule has 4 nitrogen and oxygen atoms in total. The Bertz CT molecular complexity index is 324. The maximum Gasteiger partial charge on any atom is 0.410 e. The molecule has 0 aromatic carbocycles. The Labute approximate surface area is 129 Å². The van der Waals surface area contributed by atoms with Gasteiger partial charge in [-0.05, 0) is 71.4 Å². The molecular weight excluding hydrogens is 264 g/mol. The Morgan fingerprint density at radius 3 is 2.10 bits per heavy atom. The van der Waals surface area contributed by atoms with Gasteiger partial charge in [-0.3, -0.25) is 0 Å². The second-order valence-electron chi connectivity index (χ2n) is 7.68. The van der Waals surface area contributed by atoms with E-state index in [0.29, 0.717) is 0 Å². The van der Waals surface area contributed by atoms with Crippen LogP contribution in [-0.4, -0.2) is 42.8 Å². The molecule has 4 heteroatoms. The van der Waals surface area contributed by atoms with Crippen molar-refractivity contribution >= 4 is 6.09 Å². The van der Waals surface area contributed by atoms with Crippen molar-refractivity contribution in [1.82, 2.24) is 10.2 Å². The van der Waals surface area contributed by atoms with Gasteiger partial charge in [0.1, 0.15) is 5.60 Å². The summed E-state index contributed by atoms with van der Waals surface area (Å²) in [5.74, 6) is 1.73. The Hall–Kier alpha value is -0.770.